The molecule has 1 aromatic rings. The third-order valence-electron chi connectivity index (χ3n) is 2.78. The van der Waals surface area contributed by atoms with Crippen molar-refractivity contribution in [2.24, 2.45) is 0 Å². The summed E-state index contributed by atoms with van der Waals surface area (Å²) in [6, 6.07) is 1.31. The average Bonchev–Trinajstić information content (AvgIpc) is 2.39. The van der Waals surface area contributed by atoms with Crippen molar-refractivity contribution in [1.82, 2.24) is 9.88 Å². The zero-order chi connectivity index (χ0) is 12.3. The highest BCUT2D eigenvalue weighted by Crippen LogP contribution is 2.26. The zero-order valence-electron chi connectivity index (χ0n) is 9.60. The Morgan fingerprint density at radius 1 is 1.41 bits per heavy atom. The van der Waals surface area contributed by atoms with Crippen molar-refractivity contribution in [2.75, 3.05) is 38.2 Å². The lowest BCUT2D eigenvalue weighted by atomic mass is 10.3. The molecule has 0 unspecified atom stereocenters. The van der Waals surface area contributed by atoms with E-state index in [-0.39, 0.29) is 0 Å². The maximum absolute atomic E-state index is 13.0. The fraction of sp³-hybridized carbons (Fsp3) is 0.455. The van der Waals surface area contributed by atoms with Crippen molar-refractivity contribution in [3.63, 3.8) is 0 Å². The standard InChI is InChI=1S/C11H14FN3O2/c1-17-10-6-9(12)7-13-11(10)15-4-2-14(8-16)3-5-15/h6-8H,2-5H2,1H3. The molecule has 6 heteroatoms. The van der Waals surface area contributed by atoms with Gasteiger partial charge in [-0.3, -0.25) is 4.79 Å². The topological polar surface area (TPSA) is 45.7 Å². The van der Waals surface area contributed by atoms with Crippen molar-refractivity contribution in [1.29, 1.82) is 0 Å². The first-order valence-electron chi connectivity index (χ1n) is 5.38. The van der Waals surface area contributed by atoms with Crippen molar-refractivity contribution in [2.45, 2.75) is 0 Å². The van der Waals surface area contributed by atoms with Crippen LogP contribution in [0.4, 0.5) is 10.2 Å². The van der Waals surface area contributed by atoms with Crippen LogP contribution in [0.5, 0.6) is 5.75 Å². The van der Waals surface area contributed by atoms with Gasteiger partial charge in [-0.1, -0.05) is 0 Å². The molecule has 0 bridgehead atoms. The molecule has 0 aromatic carbocycles. The number of halogens is 1. The summed E-state index contributed by atoms with van der Waals surface area (Å²) in [5, 5.41) is 0. The van der Waals surface area contributed by atoms with Crippen LogP contribution < -0.4 is 9.64 Å². The van der Waals surface area contributed by atoms with Crippen LogP contribution in [-0.2, 0) is 4.79 Å². The average molecular weight is 239 g/mol. The molecule has 0 N–H and O–H groups in total. The number of pyridine rings is 1. The Morgan fingerprint density at radius 3 is 2.71 bits per heavy atom. The van der Waals surface area contributed by atoms with Gasteiger partial charge in [0.25, 0.3) is 0 Å². The number of nitrogens with zero attached hydrogens (tertiary/aromatic N) is 3. The number of rotatable bonds is 3. The van der Waals surface area contributed by atoms with E-state index in [0.29, 0.717) is 37.7 Å². The number of anilines is 1. The van der Waals surface area contributed by atoms with E-state index in [9.17, 15) is 9.18 Å². The molecule has 17 heavy (non-hydrogen) atoms. The summed E-state index contributed by atoms with van der Waals surface area (Å²) in [6.07, 6.45) is 2.01. The van der Waals surface area contributed by atoms with Gasteiger partial charge in [0.15, 0.2) is 11.6 Å². The fourth-order valence-electron chi connectivity index (χ4n) is 1.84. The van der Waals surface area contributed by atoms with Crippen molar-refractivity contribution in [3.05, 3.63) is 18.1 Å². The molecule has 92 valence electrons. The third kappa shape index (κ3) is 2.46. The van der Waals surface area contributed by atoms with Crippen LogP contribution in [0.15, 0.2) is 12.3 Å². The lowest BCUT2D eigenvalue weighted by Crippen LogP contribution is -2.46. The Hall–Kier alpha value is -1.85. The monoisotopic (exact) mass is 239 g/mol. The smallest absolute Gasteiger partial charge is 0.209 e. The Kier molecular flexibility index (Phi) is 3.41. The first-order chi connectivity index (χ1) is 8.24. The van der Waals surface area contributed by atoms with E-state index in [4.69, 9.17) is 4.74 Å². The Balaban J connectivity index is 2.15. The minimum Gasteiger partial charge on any atom is -0.493 e. The molecule has 1 fully saturated rings. The van der Waals surface area contributed by atoms with E-state index in [1.165, 1.54) is 19.4 Å². The van der Waals surface area contributed by atoms with Crippen molar-refractivity contribution < 1.29 is 13.9 Å². The molecule has 2 rings (SSSR count). The third-order valence-corrected chi connectivity index (χ3v) is 2.78. The molecule has 1 aromatic heterocycles. The van der Waals surface area contributed by atoms with Crippen molar-refractivity contribution in [3.8, 4) is 5.75 Å². The summed E-state index contributed by atoms with van der Waals surface area (Å²) in [5.74, 6) is 0.626. The van der Waals surface area contributed by atoms with Crippen LogP contribution in [0.3, 0.4) is 0 Å². The lowest BCUT2D eigenvalue weighted by Gasteiger charge is -2.33. The number of carbonyl (C=O) groups excluding carboxylic acids is 1. The summed E-state index contributed by atoms with van der Waals surface area (Å²) in [7, 11) is 1.49. The highest BCUT2D eigenvalue weighted by molar-refractivity contribution is 5.54. The molecule has 2 heterocycles. The molecule has 0 atom stereocenters. The Morgan fingerprint density at radius 2 is 2.12 bits per heavy atom. The second kappa shape index (κ2) is 4.99. The second-order valence-corrected chi connectivity index (χ2v) is 3.81. The number of aromatic nitrogens is 1. The number of piperazine rings is 1. The van der Waals surface area contributed by atoms with Gasteiger partial charge in [0, 0.05) is 32.2 Å². The summed E-state index contributed by atoms with van der Waals surface area (Å²) in [5.41, 5.74) is 0. The second-order valence-electron chi connectivity index (χ2n) is 3.81. The van der Waals surface area contributed by atoms with Gasteiger partial charge in [0.05, 0.1) is 13.3 Å². The van der Waals surface area contributed by atoms with Crippen LogP contribution in [0.2, 0.25) is 0 Å². The predicted octanol–water partition coefficient (Wildman–Crippen LogP) is 0.508. The van der Waals surface area contributed by atoms with E-state index in [2.05, 4.69) is 4.98 Å². The quantitative estimate of drug-likeness (QED) is 0.721. The number of ether oxygens (including phenoxy) is 1. The number of carbonyl (C=O) groups is 1. The maximum atomic E-state index is 13.0. The first kappa shape index (κ1) is 11.6. The van der Waals surface area contributed by atoms with Gasteiger partial charge in [-0.25, -0.2) is 9.37 Å². The van der Waals surface area contributed by atoms with Gasteiger partial charge >= 0.3 is 0 Å². The predicted molar refractivity (Wildman–Crippen MR) is 60.6 cm³/mol. The Bertz CT molecular complexity index is 406. The van der Waals surface area contributed by atoms with Gasteiger partial charge in [0.2, 0.25) is 6.41 Å². The van der Waals surface area contributed by atoms with Crippen LogP contribution in [-0.4, -0.2) is 49.6 Å². The van der Waals surface area contributed by atoms with Crippen LogP contribution in [0, 0.1) is 5.82 Å². The molecular weight excluding hydrogens is 225 g/mol. The van der Waals surface area contributed by atoms with Gasteiger partial charge < -0.3 is 14.5 Å². The first-order valence-corrected chi connectivity index (χ1v) is 5.38. The van der Waals surface area contributed by atoms with Crippen LogP contribution in [0.1, 0.15) is 0 Å². The molecule has 1 amide bonds. The van der Waals surface area contributed by atoms with Crippen molar-refractivity contribution >= 4 is 12.2 Å². The van der Waals surface area contributed by atoms with Gasteiger partial charge in [0.1, 0.15) is 5.82 Å². The van der Waals surface area contributed by atoms with Gasteiger partial charge in [-0.15, -0.1) is 0 Å². The molecule has 0 spiro atoms. The number of hydrogen-bond acceptors (Lipinski definition) is 4. The fourth-order valence-corrected chi connectivity index (χ4v) is 1.84. The summed E-state index contributed by atoms with van der Waals surface area (Å²) in [6.45, 7) is 2.64. The number of amides is 1. The molecule has 1 aliphatic heterocycles. The molecule has 1 aliphatic rings. The Labute approximate surface area is 98.8 Å². The molecule has 0 radical (unpaired) electrons. The zero-order valence-corrected chi connectivity index (χ0v) is 9.60. The number of methoxy groups -OCH3 is 1. The molecular formula is C11H14FN3O2. The maximum Gasteiger partial charge on any atom is 0.209 e. The summed E-state index contributed by atoms with van der Waals surface area (Å²) in [4.78, 5) is 18.3. The SMILES string of the molecule is COc1cc(F)cnc1N1CCN(C=O)CC1. The highest BCUT2D eigenvalue weighted by atomic mass is 19.1. The van der Waals surface area contributed by atoms with E-state index in [1.54, 1.807) is 4.90 Å². The minimum absolute atomic E-state index is 0.419. The van der Waals surface area contributed by atoms with Gasteiger partial charge in [-0.05, 0) is 0 Å². The van der Waals surface area contributed by atoms with E-state index < -0.39 is 5.82 Å². The summed E-state index contributed by atoms with van der Waals surface area (Å²) < 4.78 is 18.1. The van der Waals surface area contributed by atoms with Crippen LogP contribution >= 0.6 is 0 Å². The molecule has 5 nitrogen and oxygen atoms in total. The highest BCUT2D eigenvalue weighted by Gasteiger charge is 2.20. The minimum atomic E-state index is -0.419. The van der Waals surface area contributed by atoms with E-state index >= 15 is 0 Å². The molecule has 0 aliphatic carbocycles. The number of hydrogen-bond donors (Lipinski definition) is 0. The molecule has 0 saturated carbocycles. The lowest BCUT2D eigenvalue weighted by molar-refractivity contribution is -0.118. The largest absolute Gasteiger partial charge is 0.493 e. The summed E-state index contributed by atoms with van der Waals surface area (Å²) >= 11 is 0. The molecule has 1 saturated heterocycles. The normalized spacial score (nSPS) is 15.9. The van der Waals surface area contributed by atoms with Gasteiger partial charge in [-0.2, -0.15) is 0 Å². The van der Waals surface area contributed by atoms with Crippen LogP contribution in [0.25, 0.3) is 0 Å². The van der Waals surface area contributed by atoms with E-state index in [0.717, 1.165) is 6.41 Å². The van der Waals surface area contributed by atoms with E-state index in [1.807, 2.05) is 4.90 Å².